The number of likely N-dealkylation sites (tertiary alicyclic amines) is 1. The van der Waals surface area contributed by atoms with E-state index in [9.17, 15) is 0 Å². The number of hydrogen-bond donors (Lipinski definition) is 0. The van der Waals surface area contributed by atoms with E-state index in [1.54, 1.807) is 0 Å². The summed E-state index contributed by atoms with van der Waals surface area (Å²) in [6, 6.07) is 0. The second kappa shape index (κ2) is 4.36. The van der Waals surface area contributed by atoms with E-state index in [1.165, 1.54) is 6.42 Å². The first-order valence-corrected chi connectivity index (χ1v) is 5.62. The molecule has 1 nitrogen and oxygen atoms in total. The molecule has 1 aliphatic rings. The normalized spacial score (nSPS) is 34.4. The zero-order valence-corrected chi connectivity index (χ0v) is 10.0. The monoisotopic (exact) mass is 193 g/mol. The molecule has 1 heterocycles. The highest BCUT2D eigenvalue weighted by atomic mass is 15.1. The zero-order valence-electron chi connectivity index (χ0n) is 10.0. The molecule has 1 aliphatic heterocycles. The van der Waals surface area contributed by atoms with Crippen LogP contribution in [0.5, 0.6) is 0 Å². The lowest BCUT2D eigenvalue weighted by Crippen LogP contribution is -2.45. The van der Waals surface area contributed by atoms with Crippen LogP contribution in [-0.4, -0.2) is 25.0 Å². The molecule has 2 atom stereocenters. The summed E-state index contributed by atoms with van der Waals surface area (Å²) in [5.74, 6) is 4.21. The highest BCUT2D eigenvalue weighted by Crippen LogP contribution is 2.39. The molecule has 0 radical (unpaired) electrons. The first-order chi connectivity index (χ1) is 6.48. The van der Waals surface area contributed by atoms with E-state index < -0.39 is 0 Å². The molecule has 0 spiro atoms. The maximum Gasteiger partial charge on any atom is 0.0278 e. The van der Waals surface area contributed by atoms with Gasteiger partial charge in [0.05, 0.1) is 0 Å². The molecule has 0 saturated carbocycles. The predicted octanol–water partition coefficient (Wildman–Crippen LogP) is 2.62. The molecule has 0 bridgehead atoms. The van der Waals surface area contributed by atoms with E-state index in [1.807, 2.05) is 0 Å². The quantitative estimate of drug-likeness (QED) is 0.609. The lowest BCUT2D eigenvalue weighted by molar-refractivity contribution is 0.0664. The Kier molecular flexibility index (Phi) is 3.61. The van der Waals surface area contributed by atoms with Crippen LogP contribution in [0.3, 0.4) is 0 Å². The van der Waals surface area contributed by atoms with E-state index in [-0.39, 0.29) is 0 Å². The van der Waals surface area contributed by atoms with E-state index >= 15 is 0 Å². The summed E-state index contributed by atoms with van der Waals surface area (Å²) < 4.78 is 0. The predicted molar refractivity (Wildman–Crippen MR) is 62.0 cm³/mol. The number of piperidine rings is 1. The second-order valence-electron chi connectivity index (χ2n) is 5.50. The molecule has 1 fully saturated rings. The SMILES string of the molecule is C#C[C@@H]1CCN(C)C[C@@]1(C)CC(C)C. The first kappa shape index (κ1) is 11.6. The maximum absolute atomic E-state index is 5.63. The minimum Gasteiger partial charge on any atom is -0.306 e. The fourth-order valence-corrected chi connectivity index (χ4v) is 2.93. The van der Waals surface area contributed by atoms with Gasteiger partial charge in [0.25, 0.3) is 0 Å². The van der Waals surface area contributed by atoms with E-state index in [0.29, 0.717) is 11.3 Å². The molecule has 0 aromatic rings. The largest absolute Gasteiger partial charge is 0.306 e. The van der Waals surface area contributed by atoms with Crippen molar-refractivity contribution in [3.8, 4) is 12.3 Å². The molecule has 1 rings (SSSR count). The van der Waals surface area contributed by atoms with Crippen LogP contribution < -0.4 is 0 Å². The van der Waals surface area contributed by atoms with Gasteiger partial charge in [0.2, 0.25) is 0 Å². The Morgan fingerprint density at radius 2 is 2.21 bits per heavy atom. The van der Waals surface area contributed by atoms with Gasteiger partial charge in [-0.2, -0.15) is 0 Å². The third-order valence-electron chi connectivity index (χ3n) is 3.35. The molecule has 0 unspecified atom stereocenters. The van der Waals surface area contributed by atoms with Crippen LogP contribution in [0.15, 0.2) is 0 Å². The summed E-state index contributed by atoms with van der Waals surface area (Å²) in [6.45, 7) is 9.23. The molecule has 1 saturated heterocycles. The van der Waals surface area contributed by atoms with Gasteiger partial charge in [0.15, 0.2) is 0 Å². The number of hydrogen-bond acceptors (Lipinski definition) is 1. The van der Waals surface area contributed by atoms with Gasteiger partial charge < -0.3 is 4.90 Å². The Labute approximate surface area is 88.9 Å². The summed E-state index contributed by atoms with van der Waals surface area (Å²) in [4.78, 5) is 2.41. The molecule has 0 aromatic carbocycles. The Balaban J connectivity index is 2.73. The van der Waals surface area contributed by atoms with E-state index in [2.05, 4.69) is 38.6 Å². The molecule has 1 heteroatoms. The lowest BCUT2D eigenvalue weighted by Gasteiger charge is -2.44. The van der Waals surface area contributed by atoms with Crippen LogP contribution in [0, 0.1) is 29.6 Å². The van der Waals surface area contributed by atoms with Crippen molar-refractivity contribution in [2.75, 3.05) is 20.1 Å². The Morgan fingerprint density at radius 3 is 2.71 bits per heavy atom. The maximum atomic E-state index is 5.63. The molecule has 0 amide bonds. The van der Waals surface area contributed by atoms with Gasteiger partial charge in [-0.3, -0.25) is 0 Å². The second-order valence-corrected chi connectivity index (χ2v) is 5.50. The van der Waals surface area contributed by atoms with Gasteiger partial charge in [-0.15, -0.1) is 12.3 Å². The molecular weight excluding hydrogens is 170 g/mol. The number of rotatable bonds is 2. The van der Waals surface area contributed by atoms with Crippen LogP contribution in [0.25, 0.3) is 0 Å². The molecule has 0 aromatic heterocycles. The van der Waals surface area contributed by atoms with Crippen molar-refractivity contribution >= 4 is 0 Å². The van der Waals surface area contributed by atoms with Crippen LogP contribution in [-0.2, 0) is 0 Å². The van der Waals surface area contributed by atoms with Gasteiger partial charge >= 0.3 is 0 Å². The summed E-state index contributed by atoms with van der Waals surface area (Å²) in [7, 11) is 2.20. The van der Waals surface area contributed by atoms with Crippen molar-refractivity contribution in [2.24, 2.45) is 17.3 Å². The third kappa shape index (κ3) is 2.51. The van der Waals surface area contributed by atoms with Gasteiger partial charge in [-0.05, 0) is 37.8 Å². The third-order valence-corrected chi connectivity index (χ3v) is 3.35. The average Bonchev–Trinajstić information content (AvgIpc) is 2.01. The van der Waals surface area contributed by atoms with Crippen molar-refractivity contribution < 1.29 is 0 Å². The topological polar surface area (TPSA) is 3.24 Å². The smallest absolute Gasteiger partial charge is 0.0278 e. The lowest BCUT2D eigenvalue weighted by atomic mass is 9.68. The van der Waals surface area contributed by atoms with Crippen molar-refractivity contribution in [1.29, 1.82) is 0 Å². The average molecular weight is 193 g/mol. The summed E-state index contributed by atoms with van der Waals surface area (Å²) >= 11 is 0. The van der Waals surface area contributed by atoms with Gasteiger partial charge in [0.1, 0.15) is 0 Å². The molecule has 0 aliphatic carbocycles. The minimum absolute atomic E-state index is 0.329. The van der Waals surface area contributed by atoms with Crippen molar-refractivity contribution in [1.82, 2.24) is 4.90 Å². The van der Waals surface area contributed by atoms with Crippen LogP contribution >= 0.6 is 0 Å². The fraction of sp³-hybridized carbons (Fsp3) is 0.846. The highest BCUT2D eigenvalue weighted by molar-refractivity contribution is 5.05. The van der Waals surface area contributed by atoms with Crippen LogP contribution in [0.2, 0.25) is 0 Å². The summed E-state index contributed by atoms with van der Waals surface area (Å²) in [5, 5.41) is 0. The minimum atomic E-state index is 0.329. The summed E-state index contributed by atoms with van der Waals surface area (Å²) in [6.07, 6.45) is 8.04. The zero-order chi connectivity index (χ0) is 10.8. The van der Waals surface area contributed by atoms with E-state index in [0.717, 1.165) is 25.4 Å². The van der Waals surface area contributed by atoms with Crippen LogP contribution in [0.1, 0.15) is 33.6 Å². The van der Waals surface area contributed by atoms with Crippen LogP contribution in [0.4, 0.5) is 0 Å². The molecule has 14 heavy (non-hydrogen) atoms. The van der Waals surface area contributed by atoms with Crippen molar-refractivity contribution in [3.63, 3.8) is 0 Å². The summed E-state index contributed by atoms with van der Waals surface area (Å²) in [5.41, 5.74) is 0.329. The Bertz CT molecular complexity index is 222. The Hall–Kier alpha value is -0.480. The van der Waals surface area contributed by atoms with E-state index in [4.69, 9.17) is 6.42 Å². The van der Waals surface area contributed by atoms with Gasteiger partial charge in [0, 0.05) is 12.5 Å². The van der Waals surface area contributed by atoms with Gasteiger partial charge in [-0.1, -0.05) is 20.8 Å². The number of nitrogens with zero attached hydrogens (tertiary/aromatic N) is 1. The fourth-order valence-electron chi connectivity index (χ4n) is 2.93. The molecule has 80 valence electrons. The Morgan fingerprint density at radius 1 is 1.57 bits per heavy atom. The van der Waals surface area contributed by atoms with Gasteiger partial charge in [-0.25, -0.2) is 0 Å². The highest BCUT2D eigenvalue weighted by Gasteiger charge is 2.37. The first-order valence-electron chi connectivity index (χ1n) is 5.62. The van der Waals surface area contributed by atoms with Crippen molar-refractivity contribution in [3.05, 3.63) is 0 Å². The molecular formula is C13H23N. The number of terminal acetylenes is 1. The van der Waals surface area contributed by atoms with Crippen molar-refractivity contribution in [2.45, 2.75) is 33.6 Å². The molecule has 0 N–H and O–H groups in total. The standard InChI is InChI=1S/C13H23N/c1-6-12-7-8-14(5)10-13(12,4)9-11(2)3/h1,11-12H,7-10H2,2-5H3/t12-,13-/m1/s1.